The molecular weight excluding hydrogens is 301 g/mol. The number of nitrogens with one attached hydrogen (secondary N) is 2. The first-order valence-corrected chi connectivity index (χ1v) is 6.15. The van der Waals surface area contributed by atoms with E-state index in [1.807, 2.05) is 0 Å². The van der Waals surface area contributed by atoms with Gasteiger partial charge in [-0.2, -0.15) is 18.3 Å². The van der Waals surface area contributed by atoms with E-state index >= 15 is 0 Å². The van der Waals surface area contributed by atoms with E-state index in [-0.39, 0.29) is 12.4 Å². The first-order chi connectivity index (χ1) is 10.4. The summed E-state index contributed by atoms with van der Waals surface area (Å²) in [4.78, 5) is 11.7. The Morgan fingerprint density at radius 3 is 2.73 bits per heavy atom. The van der Waals surface area contributed by atoms with Crippen molar-refractivity contribution in [3.63, 3.8) is 0 Å². The Balaban J connectivity index is 1.99. The fourth-order valence-corrected chi connectivity index (χ4v) is 1.70. The first kappa shape index (κ1) is 15.8. The summed E-state index contributed by atoms with van der Waals surface area (Å²) in [6.07, 6.45) is -1.55. The number of benzene rings is 1. The van der Waals surface area contributed by atoms with E-state index in [1.165, 1.54) is 36.3 Å². The average Bonchev–Trinajstić information content (AvgIpc) is 2.85. The molecular formula is C13H13F3N4O2. The zero-order valence-corrected chi connectivity index (χ0v) is 11.5. The Labute approximate surface area is 123 Å². The molecule has 0 spiro atoms. The Morgan fingerprint density at radius 2 is 2.05 bits per heavy atom. The molecule has 0 atom stereocenters. The van der Waals surface area contributed by atoms with Crippen LogP contribution in [0.5, 0.6) is 0 Å². The molecule has 0 saturated carbocycles. The second-order valence-corrected chi connectivity index (χ2v) is 4.34. The minimum Gasteiger partial charge on any atom is -0.362 e. The number of urea groups is 1. The van der Waals surface area contributed by atoms with Crippen molar-refractivity contribution in [1.29, 1.82) is 0 Å². The summed E-state index contributed by atoms with van der Waals surface area (Å²) in [5, 5.41) is 8.70. The number of carbonyl (C=O) groups is 1. The second-order valence-electron chi connectivity index (χ2n) is 4.34. The van der Waals surface area contributed by atoms with E-state index in [0.29, 0.717) is 5.69 Å². The van der Waals surface area contributed by atoms with E-state index < -0.39 is 17.8 Å². The van der Waals surface area contributed by atoms with Gasteiger partial charge < -0.3 is 15.4 Å². The summed E-state index contributed by atoms with van der Waals surface area (Å²) in [7, 11) is 1.50. The standard InChI is InChI=1S/C13H13F3N4O2/c1-22-8-20-7-11(6-17-20)19-12(21)18-10-4-2-3-9(5-10)13(14,15)16/h2-7H,8H2,1H3,(H2,18,19,21). The highest BCUT2D eigenvalue weighted by molar-refractivity contribution is 5.99. The molecule has 0 aliphatic heterocycles. The third-order valence-electron chi connectivity index (χ3n) is 2.60. The van der Waals surface area contributed by atoms with Crippen molar-refractivity contribution in [2.75, 3.05) is 17.7 Å². The molecule has 2 rings (SSSR count). The van der Waals surface area contributed by atoms with Gasteiger partial charge in [-0.1, -0.05) is 6.07 Å². The van der Waals surface area contributed by atoms with Crippen LogP contribution >= 0.6 is 0 Å². The van der Waals surface area contributed by atoms with Crippen molar-refractivity contribution >= 4 is 17.4 Å². The normalized spacial score (nSPS) is 11.3. The third kappa shape index (κ3) is 4.22. The topological polar surface area (TPSA) is 68.2 Å². The summed E-state index contributed by atoms with van der Waals surface area (Å²) < 4.78 is 44.0. The Bertz CT molecular complexity index is 655. The minimum absolute atomic E-state index is 0.0385. The van der Waals surface area contributed by atoms with Gasteiger partial charge in [-0.25, -0.2) is 9.48 Å². The molecule has 0 saturated heterocycles. The van der Waals surface area contributed by atoms with Crippen molar-refractivity contribution in [3.05, 3.63) is 42.2 Å². The SMILES string of the molecule is COCn1cc(NC(=O)Nc2cccc(C(F)(F)F)c2)cn1. The van der Waals surface area contributed by atoms with Crippen molar-refractivity contribution < 1.29 is 22.7 Å². The van der Waals surface area contributed by atoms with Crippen LogP contribution < -0.4 is 10.6 Å². The van der Waals surface area contributed by atoms with Crippen LogP contribution in [0.4, 0.5) is 29.3 Å². The van der Waals surface area contributed by atoms with Crippen LogP contribution in [0.1, 0.15) is 5.56 Å². The quantitative estimate of drug-likeness (QED) is 0.911. The number of aromatic nitrogens is 2. The molecule has 1 aromatic heterocycles. The molecule has 1 heterocycles. The fraction of sp³-hybridized carbons (Fsp3) is 0.231. The van der Waals surface area contributed by atoms with Gasteiger partial charge in [0.25, 0.3) is 0 Å². The van der Waals surface area contributed by atoms with Gasteiger partial charge in [0.1, 0.15) is 6.73 Å². The average molecular weight is 314 g/mol. The van der Waals surface area contributed by atoms with Crippen LogP contribution in [0.3, 0.4) is 0 Å². The van der Waals surface area contributed by atoms with E-state index in [0.717, 1.165) is 12.1 Å². The van der Waals surface area contributed by atoms with Crippen molar-refractivity contribution in [3.8, 4) is 0 Å². The number of hydrogen-bond acceptors (Lipinski definition) is 3. The number of halogens is 3. The summed E-state index contributed by atoms with van der Waals surface area (Å²) in [6.45, 7) is 0.219. The lowest BCUT2D eigenvalue weighted by atomic mass is 10.2. The summed E-state index contributed by atoms with van der Waals surface area (Å²) in [5.41, 5.74) is -0.406. The number of rotatable bonds is 4. The molecule has 2 N–H and O–H groups in total. The smallest absolute Gasteiger partial charge is 0.362 e. The zero-order valence-electron chi connectivity index (χ0n) is 11.5. The van der Waals surface area contributed by atoms with Gasteiger partial charge >= 0.3 is 12.2 Å². The number of anilines is 2. The zero-order chi connectivity index (χ0) is 16.2. The highest BCUT2D eigenvalue weighted by Crippen LogP contribution is 2.30. The predicted octanol–water partition coefficient (Wildman–Crippen LogP) is 3.15. The lowest BCUT2D eigenvalue weighted by molar-refractivity contribution is -0.137. The molecule has 0 aliphatic rings. The predicted molar refractivity (Wildman–Crippen MR) is 73.3 cm³/mol. The lowest BCUT2D eigenvalue weighted by Gasteiger charge is -2.10. The first-order valence-electron chi connectivity index (χ1n) is 6.15. The molecule has 0 aliphatic carbocycles. The van der Waals surface area contributed by atoms with E-state index in [4.69, 9.17) is 4.74 Å². The monoisotopic (exact) mass is 314 g/mol. The third-order valence-corrected chi connectivity index (χ3v) is 2.60. The number of nitrogens with zero attached hydrogens (tertiary/aromatic N) is 2. The van der Waals surface area contributed by atoms with Gasteiger partial charge in [-0.05, 0) is 18.2 Å². The largest absolute Gasteiger partial charge is 0.416 e. The van der Waals surface area contributed by atoms with Crippen LogP contribution in [0, 0.1) is 0 Å². The number of amides is 2. The van der Waals surface area contributed by atoms with E-state index in [1.54, 1.807) is 0 Å². The molecule has 118 valence electrons. The molecule has 2 aromatic rings. The van der Waals surface area contributed by atoms with E-state index in [2.05, 4.69) is 15.7 Å². The second kappa shape index (κ2) is 6.48. The molecule has 0 fully saturated rings. The van der Waals surface area contributed by atoms with Crippen molar-refractivity contribution in [2.45, 2.75) is 12.9 Å². The number of hydrogen-bond donors (Lipinski definition) is 2. The van der Waals surface area contributed by atoms with Crippen molar-refractivity contribution in [2.24, 2.45) is 0 Å². The number of ether oxygens (including phenoxy) is 1. The van der Waals surface area contributed by atoms with Gasteiger partial charge in [0.2, 0.25) is 0 Å². The molecule has 0 bridgehead atoms. The maximum absolute atomic E-state index is 12.6. The number of methoxy groups -OCH3 is 1. The van der Waals surface area contributed by atoms with Gasteiger partial charge in [-0.3, -0.25) is 0 Å². The molecule has 22 heavy (non-hydrogen) atoms. The Kier molecular flexibility index (Phi) is 4.66. The fourth-order valence-electron chi connectivity index (χ4n) is 1.70. The molecule has 9 heteroatoms. The number of carbonyl (C=O) groups excluding carboxylic acids is 1. The number of alkyl halides is 3. The Hall–Kier alpha value is -2.55. The molecule has 0 unspecified atom stereocenters. The highest BCUT2D eigenvalue weighted by Gasteiger charge is 2.30. The van der Waals surface area contributed by atoms with Crippen LogP contribution in [-0.4, -0.2) is 22.9 Å². The van der Waals surface area contributed by atoms with Crippen LogP contribution in [-0.2, 0) is 17.6 Å². The molecule has 0 radical (unpaired) electrons. The van der Waals surface area contributed by atoms with E-state index in [9.17, 15) is 18.0 Å². The maximum Gasteiger partial charge on any atom is 0.416 e. The van der Waals surface area contributed by atoms with Gasteiger partial charge in [0, 0.05) is 12.8 Å². The van der Waals surface area contributed by atoms with Crippen LogP contribution in [0.25, 0.3) is 0 Å². The van der Waals surface area contributed by atoms with Gasteiger partial charge in [-0.15, -0.1) is 0 Å². The Morgan fingerprint density at radius 1 is 1.32 bits per heavy atom. The van der Waals surface area contributed by atoms with Gasteiger partial charge in [0.15, 0.2) is 0 Å². The van der Waals surface area contributed by atoms with Crippen LogP contribution in [0.2, 0.25) is 0 Å². The minimum atomic E-state index is -4.46. The molecule has 2 amide bonds. The van der Waals surface area contributed by atoms with Gasteiger partial charge in [0.05, 0.1) is 23.6 Å². The summed E-state index contributed by atoms with van der Waals surface area (Å²) >= 11 is 0. The summed E-state index contributed by atoms with van der Waals surface area (Å²) in [6, 6.07) is 3.69. The molecule has 1 aromatic carbocycles. The maximum atomic E-state index is 12.6. The lowest BCUT2D eigenvalue weighted by Crippen LogP contribution is -2.19. The summed E-state index contributed by atoms with van der Waals surface area (Å²) in [5.74, 6) is 0. The van der Waals surface area contributed by atoms with Crippen molar-refractivity contribution in [1.82, 2.24) is 9.78 Å². The molecule has 6 nitrogen and oxygen atoms in total. The highest BCUT2D eigenvalue weighted by atomic mass is 19.4. The van der Waals surface area contributed by atoms with Crippen LogP contribution in [0.15, 0.2) is 36.7 Å².